The molecular weight excluding hydrogens is 334 g/mol. The van der Waals surface area contributed by atoms with Crippen molar-refractivity contribution < 1.29 is 23.8 Å². The Labute approximate surface area is 148 Å². The topological polar surface area (TPSA) is 73.9 Å². The standard InChI is InChI=1S/C17H23NO5.ClH/c1-4-23-17(20)9-12(19)8-14-13-10-16(22-3)15(21-2)7-11(13)5-6-18-14;/h7,10,14,18H,4-6,8-9H2,1-3H3;1H. The summed E-state index contributed by atoms with van der Waals surface area (Å²) in [5, 5.41) is 3.33. The zero-order valence-corrected chi connectivity index (χ0v) is 15.0. The van der Waals surface area contributed by atoms with E-state index in [0.717, 1.165) is 24.1 Å². The molecule has 1 heterocycles. The number of nitrogens with one attached hydrogen (secondary N) is 1. The second kappa shape index (κ2) is 9.49. The Kier molecular flexibility index (Phi) is 8.01. The zero-order valence-electron chi connectivity index (χ0n) is 14.2. The molecule has 1 aromatic rings. The van der Waals surface area contributed by atoms with Gasteiger partial charge in [0.1, 0.15) is 12.2 Å². The molecule has 1 aliphatic heterocycles. The molecule has 7 heteroatoms. The van der Waals surface area contributed by atoms with Crippen molar-refractivity contribution in [2.75, 3.05) is 27.4 Å². The van der Waals surface area contributed by atoms with Crippen molar-refractivity contribution in [1.82, 2.24) is 5.32 Å². The van der Waals surface area contributed by atoms with Crippen molar-refractivity contribution in [3.05, 3.63) is 23.3 Å². The smallest absolute Gasteiger partial charge is 0.313 e. The number of ketones is 1. The Bertz CT molecular complexity index is 591. The minimum atomic E-state index is -0.471. The summed E-state index contributed by atoms with van der Waals surface area (Å²) >= 11 is 0. The Morgan fingerprint density at radius 3 is 2.50 bits per heavy atom. The van der Waals surface area contributed by atoms with Crippen molar-refractivity contribution in [1.29, 1.82) is 0 Å². The Balaban J connectivity index is 0.00000288. The van der Waals surface area contributed by atoms with E-state index in [1.165, 1.54) is 0 Å². The maximum atomic E-state index is 12.1. The van der Waals surface area contributed by atoms with Crippen LogP contribution in [0.2, 0.25) is 0 Å². The van der Waals surface area contributed by atoms with Gasteiger partial charge in [-0.05, 0) is 43.1 Å². The number of esters is 1. The number of fused-ring (bicyclic) bond motifs is 1. The molecular formula is C17H24ClNO5. The van der Waals surface area contributed by atoms with Gasteiger partial charge in [-0.1, -0.05) is 0 Å². The fraction of sp³-hybridized carbons (Fsp3) is 0.529. The van der Waals surface area contributed by atoms with Crippen LogP contribution >= 0.6 is 12.4 Å². The Hall–Kier alpha value is -1.79. The Morgan fingerprint density at radius 2 is 1.88 bits per heavy atom. The molecule has 2 rings (SSSR count). The van der Waals surface area contributed by atoms with E-state index in [1.807, 2.05) is 12.1 Å². The molecule has 134 valence electrons. The van der Waals surface area contributed by atoms with Crippen molar-refractivity contribution in [2.24, 2.45) is 0 Å². The summed E-state index contributed by atoms with van der Waals surface area (Å²) in [6.07, 6.45) is 0.925. The summed E-state index contributed by atoms with van der Waals surface area (Å²) in [4.78, 5) is 23.5. The van der Waals surface area contributed by atoms with Crippen LogP contribution in [0.5, 0.6) is 11.5 Å². The van der Waals surface area contributed by atoms with E-state index >= 15 is 0 Å². The summed E-state index contributed by atoms with van der Waals surface area (Å²) in [6.45, 7) is 2.79. The van der Waals surface area contributed by atoms with E-state index in [9.17, 15) is 9.59 Å². The fourth-order valence-electron chi connectivity index (χ4n) is 2.82. The summed E-state index contributed by atoms with van der Waals surface area (Å²) in [5.74, 6) is 0.715. The molecule has 1 N–H and O–H groups in total. The van der Waals surface area contributed by atoms with Gasteiger partial charge in [-0.2, -0.15) is 0 Å². The SMILES string of the molecule is CCOC(=O)CC(=O)CC1NCCc2cc(OC)c(OC)cc21.Cl. The molecule has 6 nitrogen and oxygen atoms in total. The number of ether oxygens (including phenoxy) is 3. The fourth-order valence-corrected chi connectivity index (χ4v) is 2.82. The number of carbonyl (C=O) groups is 2. The first kappa shape index (κ1) is 20.3. The molecule has 1 aromatic carbocycles. The number of Topliss-reactive ketones (excluding diaryl/α,β-unsaturated/α-hetero) is 1. The van der Waals surface area contributed by atoms with Crippen LogP contribution < -0.4 is 14.8 Å². The second-order valence-electron chi connectivity index (χ2n) is 5.39. The van der Waals surface area contributed by atoms with Crippen LogP contribution in [0.25, 0.3) is 0 Å². The lowest BCUT2D eigenvalue weighted by Crippen LogP contribution is -2.32. The number of methoxy groups -OCH3 is 2. The molecule has 24 heavy (non-hydrogen) atoms. The molecule has 1 unspecified atom stereocenters. The molecule has 1 atom stereocenters. The zero-order chi connectivity index (χ0) is 16.8. The highest BCUT2D eigenvalue weighted by molar-refractivity contribution is 5.95. The average molecular weight is 358 g/mol. The molecule has 0 bridgehead atoms. The summed E-state index contributed by atoms with van der Waals surface area (Å²) in [6, 6.07) is 3.74. The van der Waals surface area contributed by atoms with Crippen LogP contribution in [-0.4, -0.2) is 39.1 Å². The highest BCUT2D eigenvalue weighted by Crippen LogP contribution is 2.36. The molecule has 0 spiro atoms. The van der Waals surface area contributed by atoms with E-state index in [4.69, 9.17) is 14.2 Å². The first-order valence-electron chi connectivity index (χ1n) is 7.74. The van der Waals surface area contributed by atoms with Gasteiger partial charge in [0.2, 0.25) is 0 Å². The first-order valence-corrected chi connectivity index (χ1v) is 7.74. The lowest BCUT2D eigenvalue weighted by molar-refractivity contribution is -0.145. The number of rotatable bonds is 7. The molecule has 0 aliphatic carbocycles. The third kappa shape index (κ3) is 4.85. The third-order valence-corrected chi connectivity index (χ3v) is 3.88. The van der Waals surface area contributed by atoms with E-state index in [1.54, 1.807) is 21.1 Å². The number of hydrogen-bond acceptors (Lipinski definition) is 6. The lowest BCUT2D eigenvalue weighted by atomic mass is 9.90. The van der Waals surface area contributed by atoms with Gasteiger partial charge >= 0.3 is 5.97 Å². The van der Waals surface area contributed by atoms with Gasteiger partial charge in [-0.15, -0.1) is 12.4 Å². The molecule has 0 saturated heterocycles. The number of halogens is 1. The van der Waals surface area contributed by atoms with E-state index in [2.05, 4.69) is 5.32 Å². The van der Waals surface area contributed by atoms with Gasteiger partial charge in [0.15, 0.2) is 11.5 Å². The normalized spacial score (nSPS) is 15.7. The molecule has 0 radical (unpaired) electrons. The van der Waals surface area contributed by atoms with E-state index in [0.29, 0.717) is 11.5 Å². The van der Waals surface area contributed by atoms with Crippen LogP contribution in [-0.2, 0) is 20.7 Å². The number of hydrogen-bond donors (Lipinski definition) is 1. The molecule has 0 fully saturated rings. The van der Waals surface area contributed by atoms with Gasteiger partial charge in [0.05, 0.1) is 20.8 Å². The van der Waals surface area contributed by atoms with Crippen LogP contribution in [0, 0.1) is 0 Å². The van der Waals surface area contributed by atoms with Crippen molar-refractivity contribution >= 4 is 24.2 Å². The monoisotopic (exact) mass is 357 g/mol. The first-order chi connectivity index (χ1) is 11.1. The number of benzene rings is 1. The van der Waals surface area contributed by atoms with E-state index < -0.39 is 5.97 Å². The minimum absolute atomic E-state index is 0. The van der Waals surface area contributed by atoms with Gasteiger partial charge in [0, 0.05) is 12.5 Å². The molecule has 0 saturated carbocycles. The quantitative estimate of drug-likeness (QED) is 0.596. The largest absolute Gasteiger partial charge is 0.493 e. The van der Waals surface area contributed by atoms with Crippen molar-refractivity contribution in [3.8, 4) is 11.5 Å². The predicted octanol–water partition coefficient (Wildman–Crippen LogP) is 2.22. The lowest BCUT2D eigenvalue weighted by Gasteiger charge is -2.27. The number of carbonyl (C=O) groups excluding carboxylic acids is 2. The average Bonchev–Trinajstić information content (AvgIpc) is 2.53. The van der Waals surface area contributed by atoms with Gasteiger partial charge in [-0.25, -0.2) is 0 Å². The highest BCUT2D eigenvalue weighted by Gasteiger charge is 2.25. The van der Waals surface area contributed by atoms with Gasteiger partial charge < -0.3 is 19.5 Å². The molecule has 0 amide bonds. The van der Waals surface area contributed by atoms with Crippen molar-refractivity contribution in [2.45, 2.75) is 32.2 Å². The van der Waals surface area contributed by atoms with Crippen LogP contribution in [0.3, 0.4) is 0 Å². The summed E-state index contributed by atoms with van der Waals surface area (Å²) < 4.78 is 15.5. The Morgan fingerprint density at radius 1 is 1.21 bits per heavy atom. The van der Waals surface area contributed by atoms with Gasteiger partial charge in [-0.3, -0.25) is 9.59 Å². The molecule has 0 aromatic heterocycles. The third-order valence-electron chi connectivity index (χ3n) is 3.88. The summed E-state index contributed by atoms with van der Waals surface area (Å²) in [5.41, 5.74) is 2.15. The van der Waals surface area contributed by atoms with E-state index in [-0.39, 0.29) is 43.7 Å². The maximum Gasteiger partial charge on any atom is 0.313 e. The summed E-state index contributed by atoms with van der Waals surface area (Å²) in [7, 11) is 3.19. The maximum absolute atomic E-state index is 12.1. The van der Waals surface area contributed by atoms with Crippen LogP contribution in [0.1, 0.15) is 36.9 Å². The predicted molar refractivity (Wildman–Crippen MR) is 92.1 cm³/mol. The minimum Gasteiger partial charge on any atom is -0.493 e. The highest BCUT2D eigenvalue weighted by atomic mass is 35.5. The molecule has 1 aliphatic rings. The second-order valence-corrected chi connectivity index (χ2v) is 5.39. The van der Waals surface area contributed by atoms with Gasteiger partial charge in [0.25, 0.3) is 0 Å². The van der Waals surface area contributed by atoms with Crippen molar-refractivity contribution in [3.63, 3.8) is 0 Å². The van der Waals surface area contributed by atoms with Crippen LogP contribution in [0.4, 0.5) is 0 Å². The van der Waals surface area contributed by atoms with Crippen LogP contribution in [0.15, 0.2) is 12.1 Å².